The zero-order chi connectivity index (χ0) is 14.1. The smallest absolute Gasteiger partial charge is 0.226 e. The molecule has 1 heterocycles. The van der Waals surface area contributed by atoms with Crippen molar-refractivity contribution in [1.29, 1.82) is 0 Å². The standard InChI is InChI=1S/C15H12BrN3O/c1-9-8-18-15(17)19-14(9)20-13-5-3-10-6-12(16)4-2-11(10)7-13/h2-8H,1H3,(H2,17,18,19). The van der Waals surface area contributed by atoms with Crippen LogP contribution in [-0.2, 0) is 0 Å². The highest BCUT2D eigenvalue weighted by molar-refractivity contribution is 9.10. The van der Waals surface area contributed by atoms with E-state index in [1.165, 1.54) is 0 Å². The third kappa shape index (κ3) is 2.58. The number of nitrogens with zero attached hydrogens (tertiary/aromatic N) is 2. The minimum atomic E-state index is 0.204. The molecule has 2 N–H and O–H groups in total. The molecule has 3 rings (SSSR count). The lowest BCUT2D eigenvalue weighted by Gasteiger charge is -2.08. The van der Waals surface area contributed by atoms with Crippen molar-refractivity contribution in [2.75, 3.05) is 5.73 Å². The molecule has 0 radical (unpaired) electrons. The normalized spacial score (nSPS) is 10.7. The maximum absolute atomic E-state index is 5.79. The van der Waals surface area contributed by atoms with Gasteiger partial charge in [0.15, 0.2) is 0 Å². The molecular weight excluding hydrogens is 318 g/mol. The fraction of sp³-hybridized carbons (Fsp3) is 0.0667. The zero-order valence-electron chi connectivity index (χ0n) is 10.8. The van der Waals surface area contributed by atoms with Gasteiger partial charge in [-0.1, -0.05) is 28.1 Å². The van der Waals surface area contributed by atoms with E-state index in [1.807, 2.05) is 37.3 Å². The van der Waals surface area contributed by atoms with Crippen LogP contribution in [0.15, 0.2) is 47.1 Å². The van der Waals surface area contributed by atoms with Crippen LogP contribution in [0.25, 0.3) is 10.8 Å². The highest BCUT2D eigenvalue weighted by Crippen LogP contribution is 2.28. The third-order valence-electron chi connectivity index (χ3n) is 2.93. The summed E-state index contributed by atoms with van der Waals surface area (Å²) in [6.45, 7) is 1.88. The molecule has 20 heavy (non-hydrogen) atoms. The second kappa shape index (κ2) is 5.09. The molecule has 5 heteroatoms. The molecule has 2 aromatic carbocycles. The van der Waals surface area contributed by atoms with Gasteiger partial charge in [-0.15, -0.1) is 0 Å². The Bertz CT molecular complexity index is 789. The van der Waals surface area contributed by atoms with Gasteiger partial charge in [-0.2, -0.15) is 4.98 Å². The number of hydrogen-bond donors (Lipinski definition) is 1. The number of aryl methyl sites for hydroxylation is 1. The number of rotatable bonds is 2. The molecule has 0 saturated heterocycles. The molecule has 0 aliphatic rings. The van der Waals surface area contributed by atoms with Gasteiger partial charge in [-0.3, -0.25) is 0 Å². The minimum Gasteiger partial charge on any atom is -0.439 e. The highest BCUT2D eigenvalue weighted by Gasteiger charge is 2.05. The maximum Gasteiger partial charge on any atom is 0.226 e. The number of ether oxygens (including phenoxy) is 1. The average Bonchev–Trinajstić information content (AvgIpc) is 2.43. The van der Waals surface area contributed by atoms with Crippen molar-refractivity contribution in [3.05, 3.63) is 52.6 Å². The Labute approximate surface area is 124 Å². The fourth-order valence-corrected chi connectivity index (χ4v) is 2.29. The molecule has 0 fully saturated rings. The van der Waals surface area contributed by atoms with E-state index in [0.29, 0.717) is 5.88 Å². The Kier molecular flexibility index (Phi) is 3.28. The summed E-state index contributed by atoms with van der Waals surface area (Å²) >= 11 is 3.46. The van der Waals surface area contributed by atoms with E-state index in [0.717, 1.165) is 26.6 Å². The molecular formula is C15H12BrN3O. The monoisotopic (exact) mass is 329 g/mol. The van der Waals surface area contributed by atoms with E-state index >= 15 is 0 Å². The largest absolute Gasteiger partial charge is 0.439 e. The molecule has 3 aromatic rings. The molecule has 0 unspecified atom stereocenters. The lowest BCUT2D eigenvalue weighted by Crippen LogP contribution is -1.98. The summed E-state index contributed by atoms with van der Waals surface area (Å²) in [6, 6.07) is 12.0. The SMILES string of the molecule is Cc1cnc(N)nc1Oc1ccc2cc(Br)ccc2c1. The minimum absolute atomic E-state index is 0.204. The number of anilines is 1. The van der Waals surface area contributed by atoms with Crippen LogP contribution in [-0.4, -0.2) is 9.97 Å². The summed E-state index contributed by atoms with van der Waals surface area (Å²) in [4.78, 5) is 8.02. The number of benzene rings is 2. The van der Waals surface area contributed by atoms with Crippen molar-refractivity contribution in [1.82, 2.24) is 9.97 Å². The number of fused-ring (bicyclic) bond motifs is 1. The number of aromatic nitrogens is 2. The molecule has 0 spiro atoms. The van der Waals surface area contributed by atoms with Gasteiger partial charge in [0.05, 0.1) is 0 Å². The highest BCUT2D eigenvalue weighted by atomic mass is 79.9. The quantitative estimate of drug-likeness (QED) is 0.769. The van der Waals surface area contributed by atoms with Crippen molar-refractivity contribution in [3.8, 4) is 11.6 Å². The molecule has 0 atom stereocenters. The topological polar surface area (TPSA) is 61.0 Å². The van der Waals surface area contributed by atoms with Gasteiger partial charge >= 0.3 is 0 Å². The zero-order valence-corrected chi connectivity index (χ0v) is 12.4. The maximum atomic E-state index is 5.79. The molecule has 0 aliphatic carbocycles. The predicted octanol–water partition coefficient (Wildman–Crippen LogP) is 4.08. The van der Waals surface area contributed by atoms with Crippen LogP contribution in [0.2, 0.25) is 0 Å². The van der Waals surface area contributed by atoms with Gasteiger partial charge in [0, 0.05) is 16.2 Å². The van der Waals surface area contributed by atoms with Gasteiger partial charge in [0.1, 0.15) is 5.75 Å². The van der Waals surface area contributed by atoms with E-state index < -0.39 is 0 Å². The van der Waals surface area contributed by atoms with Crippen molar-refractivity contribution in [3.63, 3.8) is 0 Å². The van der Waals surface area contributed by atoms with Crippen molar-refractivity contribution in [2.45, 2.75) is 6.92 Å². The Morgan fingerprint density at radius 2 is 1.85 bits per heavy atom. The van der Waals surface area contributed by atoms with Crippen molar-refractivity contribution < 1.29 is 4.74 Å². The molecule has 0 saturated carbocycles. The number of halogens is 1. The van der Waals surface area contributed by atoms with Gasteiger partial charge in [-0.05, 0) is 42.0 Å². The van der Waals surface area contributed by atoms with Crippen LogP contribution >= 0.6 is 15.9 Å². The van der Waals surface area contributed by atoms with E-state index in [9.17, 15) is 0 Å². The summed E-state index contributed by atoms with van der Waals surface area (Å²) in [7, 11) is 0. The second-order valence-corrected chi connectivity index (χ2v) is 5.39. The van der Waals surface area contributed by atoms with Crippen LogP contribution in [0, 0.1) is 6.92 Å². The van der Waals surface area contributed by atoms with Crippen LogP contribution in [0.3, 0.4) is 0 Å². The molecule has 0 aliphatic heterocycles. The second-order valence-electron chi connectivity index (χ2n) is 4.47. The molecule has 100 valence electrons. The Morgan fingerprint density at radius 1 is 1.10 bits per heavy atom. The predicted molar refractivity (Wildman–Crippen MR) is 82.9 cm³/mol. The van der Waals surface area contributed by atoms with Crippen LogP contribution in [0.1, 0.15) is 5.56 Å². The van der Waals surface area contributed by atoms with Gasteiger partial charge < -0.3 is 10.5 Å². The molecule has 0 bridgehead atoms. The molecule has 0 amide bonds. The summed E-state index contributed by atoms with van der Waals surface area (Å²) in [5.41, 5.74) is 6.42. The summed E-state index contributed by atoms with van der Waals surface area (Å²) in [5.74, 6) is 1.41. The first-order chi connectivity index (χ1) is 9.61. The van der Waals surface area contributed by atoms with Crippen LogP contribution in [0.5, 0.6) is 11.6 Å². The van der Waals surface area contributed by atoms with E-state index in [-0.39, 0.29) is 5.95 Å². The lowest BCUT2D eigenvalue weighted by molar-refractivity contribution is 0.459. The van der Waals surface area contributed by atoms with Gasteiger partial charge in [0.2, 0.25) is 11.8 Å². The summed E-state index contributed by atoms with van der Waals surface area (Å²) in [6.07, 6.45) is 1.65. The molecule has 4 nitrogen and oxygen atoms in total. The van der Waals surface area contributed by atoms with E-state index in [4.69, 9.17) is 10.5 Å². The fourth-order valence-electron chi connectivity index (χ4n) is 1.91. The molecule has 1 aromatic heterocycles. The Hall–Kier alpha value is -2.14. The van der Waals surface area contributed by atoms with Gasteiger partial charge in [-0.25, -0.2) is 4.98 Å². The third-order valence-corrected chi connectivity index (χ3v) is 3.43. The van der Waals surface area contributed by atoms with Crippen molar-refractivity contribution in [2.24, 2.45) is 0 Å². The number of nitrogen functional groups attached to an aromatic ring is 1. The number of hydrogen-bond acceptors (Lipinski definition) is 4. The van der Waals surface area contributed by atoms with E-state index in [2.05, 4.69) is 32.0 Å². The average molecular weight is 330 g/mol. The van der Waals surface area contributed by atoms with Gasteiger partial charge in [0.25, 0.3) is 0 Å². The summed E-state index contributed by atoms with van der Waals surface area (Å²) in [5, 5.41) is 2.25. The first-order valence-electron chi connectivity index (χ1n) is 6.08. The first kappa shape index (κ1) is 12.9. The Morgan fingerprint density at radius 3 is 2.70 bits per heavy atom. The van der Waals surface area contributed by atoms with E-state index in [1.54, 1.807) is 6.20 Å². The van der Waals surface area contributed by atoms with Crippen LogP contribution in [0.4, 0.5) is 5.95 Å². The lowest BCUT2D eigenvalue weighted by atomic mass is 10.1. The Balaban J connectivity index is 1.98. The summed E-state index contributed by atoms with van der Waals surface area (Å²) < 4.78 is 6.84. The van der Waals surface area contributed by atoms with Crippen LogP contribution < -0.4 is 10.5 Å². The number of nitrogens with two attached hydrogens (primary N) is 1. The van der Waals surface area contributed by atoms with Crippen molar-refractivity contribution >= 4 is 32.7 Å². The first-order valence-corrected chi connectivity index (χ1v) is 6.87.